The van der Waals surface area contributed by atoms with E-state index in [4.69, 9.17) is 0 Å². The highest BCUT2D eigenvalue weighted by molar-refractivity contribution is 6.11. The maximum absolute atomic E-state index is 9.39. The zero-order valence-corrected chi connectivity index (χ0v) is 11.0. The molecule has 0 bridgehead atoms. The third kappa shape index (κ3) is 2.41. The Hall–Kier alpha value is -2.61. The first-order valence-corrected chi connectivity index (χ1v) is 6.61. The second-order valence-electron chi connectivity index (χ2n) is 4.74. The lowest BCUT2D eigenvalue weighted by molar-refractivity contribution is 0.318. The van der Waals surface area contributed by atoms with Crippen molar-refractivity contribution in [1.29, 1.82) is 0 Å². The molecule has 3 rings (SSSR count). The molecule has 0 amide bonds. The van der Waals surface area contributed by atoms with E-state index in [1.165, 1.54) is 0 Å². The average molecular weight is 261 g/mol. The van der Waals surface area contributed by atoms with Crippen LogP contribution in [0.15, 0.2) is 78.0 Å². The Bertz CT molecular complexity index is 742. The molecule has 3 aromatic rings. The summed E-state index contributed by atoms with van der Waals surface area (Å²) in [6.45, 7) is 0. The lowest BCUT2D eigenvalue weighted by Gasteiger charge is -2.08. The zero-order valence-electron chi connectivity index (χ0n) is 11.0. The maximum atomic E-state index is 9.39. The first-order valence-electron chi connectivity index (χ1n) is 6.61. The molecule has 0 radical (unpaired) electrons. The van der Waals surface area contributed by atoms with Crippen molar-refractivity contribution in [3.8, 4) is 0 Å². The van der Waals surface area contributed by atoms with E-state index in [0.717, 1.165) is 21.9 Å². The molecule has 1 N–H and O–H groups in total. The van der Waals surface area contributed by atoms with Crippen LogP contribution in [0.4, 0.5) is 0 Å². The van der Waals surface area contributed by atoms with Gasteiger partial charge >= 0.3 is 0 Å². The molecule has 0 aliphatic rings. The summed E-state index contributed by atoms with van der Waals surface area (Å²) in [6, 6.07) is 24.2. The van der Waals surface area contributed by atoms with Gasteiger partial charge in [-0.05, 0) is 16.3 Å². The Kier molecular flexibility index (Phi) is 3.46. The van der Waals surface area contributed by atoms with Gasteiger partial charge in [0.2, 0.25) is 0 Å². The average Bonchev–Trinajstić information content (AvgIpc) is 2.53. The second kappa shape index (κ2) is 5.57. The fraction of sp³-hybridized carbons (Fsp3) is 0.0556. The minimum absolute atomic E-state index is 0.616. The van der Waals surface area contributed by atoms with E-state index in [0.29, 0.717) is 12.1 Å². The SMILES string of the molecule is O/N=C(/Cc1ccccc1)c1cccc2ccccc12. The van der Waals surface area contributed by atoms with Crippen LogP contribution >= 0.6 is 0 Å². The summed E-state index contributed by atoms with van der Waals surface area (Å²) in [5.41, 5.74) is 2.80. The minimum atomic E-state index is 0.616. The maximum Gasteiger partial charge on any atom is 0.0917 e. The topological polar surface area (TPSA) is 32.6 Å². The number of hydrogen-bond acceptors (Lipinski definition) is 2. The van der Waals surface area contributed by atoms with Gasteiger partial charge in [-0.3, -0.25) is 0 Å². The molecule has 20 heavy (non-hydrogen) atoms. The van der Waals surface area contributed by atoms with Gasteiger partial charge in [0.15, 0.2) is 0 Å². The smallest absolute Gasteiger partial charge is 0.0917 e. The predicted molar refractivity (Wildman–Crippen MR) is 82.4 cm³/mol. The van der Waals surface area contributed by atoms with Gasteiger partial charge in [0.25, 0.3) is 0 Å². The van der Waals surface area contributed by atoms with Gasteiger partial charge < -0.3 is 5.21 Å². The lowest BCUT2D eigenvalue weighted by Crippen LogP contribution is -2.06. The molecule has 0 aromatic heterocycles. The van der Waals surface area contributed by atoms with Crippen molar-refractivity contribution in [1.82, 2.24) is 0 Å². The highest BCUT2D eigenvalue weighted by atomic mass is 16.4. The Morgan fingerprint density at radius 1 is 0.800 bits per heavy atom. The van der Waals surface area contributed by atoms with Crippen LogP contribution in [0.3, 0.4) is 0 Å². The van der Waals surface area contributed by atoms with E-state index >= 15 is 0 Å². The van der Waals surface area contributed by atoms with Crippen molar-refractivity contribution in [2.45, 2.75) is 6.42 Å². The molecular formula is C18H15NO. The van der Waals surface area contributed by atoms with Crippen LogP contribution in [0.5, 0.6) is 0 Å². The first-order chi connectivity index (χ1) is 9.88. The van der Waals surface area contributed by atoms with Gasteiger partial charge in [0.05, 0.1) is 5.71 Å². The minimum Gasteiger partial charge on any atom is -0.411 e. The number of hydrogen-bond donors (Lipinski definition) is 1. The van der Waals surface area contributed by atoms with Crippen molar-refractivity contribution in [2.75, 3.05) is 0 Å². The summed E-state index contributed by atoms with van der Waals surface area (Å²) in [6.07, 6.45) is 0.616. The number of rotatable bonds is 3. The Labute approximate surface area is 118 Å². The van der Waals surface area contributed by atoms with E-state index < -0.39 is 0 Å². The molecular weight excluding hydrogens is 246 g/mol. The summed E-state index contributed by atoms with van der Waals surface area (Å²) < 4.78 is 0. The molecule has 0 atom stereocenters. The summed E-state index contributed by atoms with van der Waals surface area (Å²) >= 11 is 0. The lowest BCUT2D eigenvalue weighted by atomic mass is 9.97. The number of benzene rings is 3. The van der Waals surface area contributed by atoms with Crippen molar-refractivity contribution in [3.63, 3.8) is 0 Å². The molecule has 0 fully saturated rings. The van der Waals surface area contributed by atoms with E-state index in [9.17, 15) is 5.21 Å². The number of oxime groups is 1. The van der Waals surface area contributed by atoms with Gasteiger partial charge in [0.1, 0.15) is 0 Å². The first kappa shape index (κ1) is 12.4. The van der Waals surface area contributed by atoms with Crippen molar-refractivity contribution >= 4 is 16.5 Å². The Morgan fingerprint density at radius 2 is 1.50 bits per heavy atom. The highest BCUT2D eigenvalue weighted by Crippen LogP contribution is 2.20. The fourth-order valence-corrected chi connectivity index (χ4v) is 2.45. The molecule has 3 aromatic carbocycles. The van der Waals surface area contributed by atoms with Crippen LogP contribution in [0.1, 0.15) is 11.1 Å². The van der Waals surface area contributed by atoms with Crippen LogP contribution in [0.25, 0.3) is 10.8 Å². The highest BCUT2D eigenvalue weighted by Gasteiger charge is 2.09. The van der Waals surface area contributed by atoms with E-state index in [2.05, 4.69) is 23.4 Å². The number of nitrogens with zero attached hydrogens (tertiary/aromatic N) is 1. The third-order valence-electron chi connectivity index (χ3n) is 3.44. The molecule has 2 heteroatoms. The molecule has 0 aliphatic heterocycles. The van der Waals surface area contributed by atoms with Crippen molar-refractivity contribution in [2.24, 2.45) is 5.16 Å². The molecule has 0 spiro atoms. The molecule has 98 valence electrons. The Balaban J connectivity index is 2.04. The molecule has 0 saturated heterocycles. The third-order valence-corrected chi connectivity index (χ3v) is 3.44. The fourth-order valence-electron chi connectivity index (χ4n) is 2.45. The quantitative estimate of drug-likeness (QED) is 0.426. The predicted octanol–water partition coefficient (Wildman–Crippen LogP) is 4.26. The molecule has 2 nitrogen and oxygen atoms in total. The molecule has 0 heterocycles. The van der Waals surface area contributed by atoms with Crippen molar-refractivity contribution < 1.29 is 5.21 Å². The zero-order chi connectivity index (χ0) is 13.8. The molecule has 0 aliphatic carbocycles. The summed E-state index contributed by atoms with van der Waals surface area (Å²) in [5, 5.41) is 15.2. The van der Waals surface area contributed by atoms with Crippen LogP contribution in [0.2, 0.25) is 0 Å². The molecule has 0 unspecified atom stereocenters. The molecule has 0 saturated carbocycles. The van der Waals surface area contributed by atoms with E-state index in [1.807, 2.05) is 54.6 Å². The summed E-state index contributed by atoms with van der Waals surface area (Å²) in [4.78, 5) is 0. The number of fused-ring (bicyclic) bond motifs is 1. The van der Waals surface area contributed by atoms with Crippen molar-refractivity contribution in [3.05, 3.63) is 83.9 Å². The van der Waals surface area contributed by atoms with Gasteiger partial charge in [0, 0.05) is 12.0 Å². The standard InChI is InChI=1S/C18H15NO/c20-19-18(13-14-7-2-1-3-8-14)17-12-6-10-15-9-4-5-11-16(15)17/h1-12,20H,13H2/b19-18-. The summed E-state index contributed by atoms with van der Waals surface area (Å²) in [7, 11) is 0. The van der Waals surface area contributed by atoms with Crippen LogP contribution < -0.4 is 0 Å². The van der Waals surface area contributed by atoms with E-state index in [-0.39, 0.29) is 0 Å². The Morgan fingerprint density at radius 3 is 2.30 bits per heavy atom. The van der Waals surface area contributed by atoms with Gasteiger partial charge in [-0.2, -0.15) is 0 Å². The summed E-state index contributed by atoms with van der Waals surface area (Å²) in [5.74, 6) is 0. The van der Waals surface area contributed by atoms with E-state index in [1.54, 1.807) is 0 Å². The van der Waals surface area contributed by atoms with Gasteiger partial charge in [-0.15, -0.1) is 0 Å². The largest absolute Gasteiger partial charge is 0.411 e. The van der Waals surface area contributed by atoms with Gasteiger partial charge in [-0.25, -0.2) is 0 Å². The normalized spacial score (nSPS) is 11.7. The van der Waals surface area contributed by atoms with Gasteiger partial charge in [-0.1, -0.05) is 78.0 Å². The van der Waals surface area contributed by atoms with Crippen LogP contribution in [-0.4, -0.2) is 10.9 Å². The van der Waals surface area contributed by atoms with Crippen LogP contribution in [0, 0.1) is 0 Å². The monoisotopic (exact) mass is 261 g/mol. The second-order valence-corrected chi connectivity index (χ2v) is 4.74. The van der Waals surface area contributed by atoms with Crippen LogP contribution in [-0.2, 0) is 6.42 Å².